The number of nitrogens with two attached hydrogens (primary N) is 1. The van der Waals surface area contributed by atoms with Gasteiger partial charge in [-0.25, -0.2) is 9.97 Å². The first kappa shape index (κ1) is 18.3. The fourth-order valence-corrected chi connectivity index (χ4v) is 3.77. The number of pyridine rings is 1. The second-order valence-electron chi connectivity index (χ2n) is 7.32. The molecule has 1 aliphatic heterocycles. The van der Waals surface area contributed by atoms with Crippen molar-refractivity contribution in [2.75, 3.05) is 19.3 Å². The summed E-state index contributed by atoms with van der Waals surface area (Å²) in [5.74, 6) is 0.783. The minimum atomic E-state index is -0.198. The van der Waals surface area contributed by atoms with Gasteiger partial charge in [-0.05, 0) is 24.6 Å². The van der Waals surface area contributed by atoms with Crippen LogP contribution < -0.4 is 16.4 Å². The van der Waals surface area contributed by atoms with E-state index in [2.05, 4.69) is 25.7 Å². The van der Waals surface area contributed by atoms with Crippen LogP contribution in [0.2, 0.25) is 0 Å². The lowest BCUT2D eigenvalue weighted by Crippen LogP contribution is -2.38. The molecule has 30 heavy (non-hydrogen) atoms. The number of fused-ring (bicyclic) bond motifs is 1. The van der Waals surface area contributed by atoms with E-state index in [0.29, 0.717) is 35.8 Å². The fraction of sp³-hybridized carbons (Fsp3) is 0.238. The molecule has 0 bridgehead atoms. The van der Waals surface area contributed by atoms with Crippen LogP contribution >= 0.6 is 0 Å². The standard InChI is InChI=1S/C21H21N7O2/c1-23-20(29)17-7-14(10-24-17)28-11-13(9-26-28)12-6-15(19(22)25-8-12)21-27-16-4-2-3-5-18(16)30-21/h2-6,8-9,11,14,17,24H,7,10H2,1H3,(H2,22,25)(H,23,29)/t14?,17-/m0/s1. The number of rotatable bonds is 4. The summed E-state index contributed by atoms with van der Waals surface area (Å²) in [6.45, 7) is 0.688. The largest absolute Gasteiger partial charge is 0.436 e. The Balaban J connectivity index is 1.43. The number of nitrogens with one attached hydrogen (secondary N) is 2. The van der Waals surface area contributed by atoms with Gasteiger partial charge in [0.25, 0.3) is 0 Å². The molecular weight excluding hydrogens is 382 g/mol. The molecule has 1 aromatic carbocycles. The van der Waals surface area contributed by atoms with E-state index in [-0.39, 0.29) is 18.0 Å². The van der Waals surface area contributed by atoms with Gasteiger partial charge in [-0.2, -0.15) is 5.10 Å². The maximum Gasteiger partial charge on any atom is 0.236 e. The van der Waals surface area contributed by atoms with Crippen LogP contribution in [0.15, 0.2) is 53.3 Å². The molecule has 9 heteroatoms. The molecule has 1 saturated heterocycles. The summed E-state index contributed by atoms with van der Waals surface area (Å²) in [6, 6.07) is 9.39. The Bertz CT molecular complexity index is 1200. The first-order valence-corrected chi connectivity index (χ1v) is 9.73. The number of para-hydroxylation sites is 2. The number of hydrogen-bond acceptors (Lipinski definition) is 7. The number of anilines is 1. The molecule has 3 aromatic heterocycles. The Hall–Kier alpha value is -3.72. The number of oxazole rings is 1. The normalized spacial score (nSPS) is 18.7. The van der Waals surface area contributed by atoms with Crippen LogP contribution in [0.3, 0.4) is 0 Å². The van der Waals surface area contributed by atoms with E-state index in [1.54, 1.807) is 19.4 Å². The number of benzene rings is 1. The molecule has 0 aliphatic carbocycles. The zero-order chi connectivity index (χ0) is 20.7. The zero-order valence-electron chi connectivity index (χ0n) is 16.4. The van der Waals surface area contributed by atoms with E-state index in [0.717, 1.165) is 16.6 Å². The minimum absolute atomic E-state index is 0.00408. The Morgan fingerprint density at radius 1 is 1.30 bits per heavy atom. The summed E-state index contributed by atoms with van der Waals surface area (Å²) in [5.41, 5.74) is 9.98. The molecule has 9 nitrogen and oxygen atoms in total. The van der Waals surface area contributed by atoms with E-state index in [1.807, 2.05) is 41.2 Å². The maximum absolute atomic E-state index is 11.8. The van der Waals surface area contributed by atoms with Crippen molar-refractivity contribution in [2.45, 2.75) is 18.5 Å². The lowest BCUT2D eigenvalue weighted by atomic mass is 10.1. The highest BCUT2D eigenvalue weighted by molar-refractivity contribution is 5.82. The molecule has 0 saturated carbocycles. The van der Waals surface area contributed by atoms with Crippen LogP contribution in [0.25, 0.3) is 33.7 Å². The Morgan fingerprint density at radius 2 is 2.17 bits per heavy atom. The average Bonchev–Trinajstić information content (AvgIpc) is 3.52. The summed E-state index contributed by atoms with van der Waals surface area (Å²) in [6.07, 6.45) is 6.15. The number of nitrogen functional groups attached to an aromatic ring is 1. The zero-order valence-corrected chi connectivity index (χ0v) is 16.4. The van der Waals surface area contributed by atoms with E-state index in [9.17, 15) is 4.79 Å². The Morgan fingerprint density at radius 3 is 3.00 bits per heavy atom. The van der Waals surface area contributed by atoms with Crippen LogP contribution in [-0.2, 0) is 4.79 Å². The van der Waals surface area contributed by atoms with Gasteiger partial charge in [0.05, 0.1) is 23.8 Å². The molecule has 4 N–H and O–H groups in total. The van der Waals surface area contributed by atoms with E-state index >= 15 is 0 Å². The van der Waals surface area contributed by atoms with Gasteiger partial charge in [0.2, 0.25) is 11.8 Å². The van der Waals surface area contributed by atoms with Crippen molar-refractivity contribution in [2.24, 2.45) is 0 Å². The summed E-state index contributed by atoms with van der Waals surface area (Å²) < 4.78 is 7.75. The van der Waals surface area contributed by atoms with Crippen molar-refractivity contribution >= 4 is 22.8 Å². The number of nitrogens with zero attached hydrogens (tertiary/aromatic N) is 4. The van der Waals surface area contributed by atoms with Crippen LogP contribution in [0.4, 0.5) is 5.82 Å². The SMILES string of the molecule is CNC(=O)[C@@H]1CC(n2cc(-c3cnc(N)c(-c4nc5ccccc5o4)c3)cn2)CN1. The van der Waals surface area contributed by atoms with Gasteiger partial charge in [0, 0.05) is 37.1 Å². The highest BCUT2D eigenvalue weighted by Gasteiger charge is 2.30. The molecule has 152 valence electrons. The molecule has 1 unspecified atom stereocenters. The van der Waals surface area contributed by atoms with Crippen LogP contribution in [-0.4, -0.2) is 45.3 Å². The highest BCUT2D eigenvalue weighted by atomic mass is 16.3. The molecule has 5 rings (SSSR count). The molecule has 1 amide bonds. The topological polar surface area (TPSA) is 124 Å². The first-order chi connectivity index (χ1) is 14.6. The van der Waals surface area contributed by atoms with Crippen molar-refractivity contribution in [1.82, 2.24) is 30.4 Å². The van der Waals surface area contributed by atoms with Gasteiger partial charge in [-0.15, -0.1) is 0 Å². The van der Waals surface area contributed by atoms with Crippen LogP contribution in [0, 0.1) is 0 Å². The molecule has 4 heterocycles. The molecule has 2 atom stereocenters. The lowest BCUT2D eigenvalue weighted by molar-refractivity contribution is -0.122. The van der Waals surface area contributed by atoms with E-state index < -0.39 is 0 Å². The Labute approximate surface area is 172 Å². The van der Waals surface area contributed by atoms with Gasteiger partial charge >= 0.3 is 0 Å². The quantitative estimate of drug-likeness (QED) is 0.476. The van der Waals surface area contributed by atoms with Crippen molar-refractivity contribution in [1.29, 1.82) is 0 Å². The van der Waals surface area contributed by atoms with Gasteiger partial charge in [-0.3, -0.25) is 9.48 Å². The number of aromatic nitrogens is 4. The van der Waals surface area contributed by atoms with Crippen LogP contribution in [0.1, 0.15) is 12.5 Å². The molecule has 4 aromatic rings. The second-order valence-corrected chi connectivity index (χ2v) is 7.32. The van der Waals surface area contributed by atoms with Crippen LogP contribution in [0.5, 0.6) is 0 Å². The van der Waals surface area contributed by atoms with E-state index in [1.165, 1.54) is 0 Å². The molecule has 1 fully saturated rings. The minimum Gasteiger partial charge on any atom is -0.436 e. The van der Waals surface area contributed by atoms with Gasteiger partial charge in [-0.1, -0.05) is 12.1 Å². The summed E-state index contributed by atoms with van der Waals surface area (Å²) in [5, 5.41) is 10.4. The lowest BCUT2D eigenvalue weighted by Gasteiger charge is -2.09. The monoisotopic (exact) mass is 403 g/mol. The smallest absolute Gasteiger partial charge is 0.236 e. The predicted molar refractivity (Wildman–Crippen MR) is 112 cm³/mol. The molecular formula is C21H21N7O2. The van der Waals surface area contributed by atoms with Crippen molar-refractivity contribution in [3.8, 4) is 22.6 Å². The molecule has 0 spiro atoms. The van der Waals surface area contributed by atoms with Crippen molar-refractivity contribution < 1.29 is 9.21 Å². The Kier molecular flexibility index (Phi) is 4.44. The van der Waals surface area contributed by atoms with Gasteiger partial charge in [0.1, 0.15) is 11.3 Å². The predicted octanol–water partition coefficient (Wildman–Crippen LogP) is 1.98. The maximum atomic E-state index is 11.8. The van der Waals surface area contributed by atoms with Gasteiger partial charge < -0.3 is 20.8 Å². The molecule has 0 radical (unpaired) electrons. The molecule has 1 aliphatic rings. The van der Waals surface area contributed by atoms with Crippen molar-refractivity contribution in [3.63, 3.8) is 0 Å². The third kappa shape index (κ3) is 3.18. The number of carbonyl (C=O) groups excluding carboxylic acids is 1. The second kappa shape index (κ2) is 7.27. The van der Waals surface area contributed by atoms with Crippen molar-refractivity contribution in [3.05, 3.63) is 48.9 Å². The summed E-state index contributed by atoms with van der Waals surface area (Å²) in [7, 11) is 1.64. The average molecular weight is 403 g/mol. The number of likely N-dealkylation sites (N-methyl/N-ethyl adjacent to an activating group) is 1. The summed E-state index contributed by atoms with van der Waals surface area (Å²) >= 11 is 0. The fourth-order valence-electron chi connectivity index (χ4n) is 3.77. The first-order valence-electron chi connectivity index (χ1n) is 9.73. The van der Waals surface area contributed by atoms with E-state index in [4.69, 9.17) is 10.2 Å². The highest BCUT2D eigenvalue weighted by Crippen LogP contribution is 2.31. The third-order valence-electron chi connectivity index (χ3n) is 5.42. The number of amides is 1. The third-order valence-corrected chi connectivity index (χ3v) is 5.42. The number of carbonyl (C=O) groups is 1. The van der Waals surface area contributed by atoms with Gasteiger partial charge in [0.15, 0.2) is 5.58 Å². The number of hydrogen-bond donors (Lipinski definition) is 3. The summed E-state index contributed by atoms with van der Waals surface area (Å²) in [4.78, 5) is 20.7.